The Bertz CT molecular complexity index is 677. The SMILES string of the molecule is C#CCN.[CH]12[CH]3[CH]4[CH]5[CH]1[Ti]23451678[CH]2[CH]1[CH]6[CH]7[CH]28. The molecule has 2 N–H and O–H groups in total. The van der Waals surface area contributed by atoms with Crippen molar-refractivity contribution in [3.63, 3.8) is 0 Å². The van der Waals surface area contributed by atoms with E-state index in [0.717, 1.165) is 0 Å². The second kappa shape index (κ2) is 0.418. The van der Waals surface area contributed by atoms with Crippen LogP contribution < -0.4 is 5.73 Å². The molecule has 10 heterocycles. The summed E-state index contributed by atoms with van der Waals surface area (Å²) in [6.45, 7) is 0.347. The van der Waals surface area contributed by atoms with Gasteiger partial charge in [-0.25, -0.2) is 0 Å². The summed E-state index contributed by atoms with van der Waals surface area (Å²) < 4.78 is 16.2. The molecule has 0 aromatic heterocycles. The number of hydrogen-bond acceptors (Lipinski definition) is 1. The minimum absolute atomic E-state index is 0.347. The summed E-state index contributed by atoms with van der Waals surface area (Å²) in [7, 11) is -2.63. The van der Waals surface area contributed by atoms with Crippen LogP contribution in [0.3, 0.4) is 0 Å². The van der Waals surface area contributed by atoms with E-state index in [1.54, 1.807) is 42.2 Å². The molecule has 0 radical (unpaired) electrons. The van der Waals surface area contributed by atoms with Crippen molar-refractivity contribution in [2.45, 2.75) is 42.2 Å². The minimum atomic E-state index is -2.63. The van der Waals surface area contributed by atoms with Crippen LogP contribution in [0.15, 0.2) is 0 Å². The van der Waals surface area contributed by atoms with Crippen LogP contribution in [-0.2, 0) is 8.89 Å². The second-order valence-corrected chi connectivity index (χ2v) is 47.0. The molecule has 10 rings (SSSR count). The summed E-state index contributed by atoms with van der Waals surface area (Å²) >= 11 is 0. The fourth-order valence-electron chi connectivity index (χ4n) is 23.2. The molecule has 76 valence electrons. The molecule has 10 aliphatic heterocycles. The van der Waals surface area contributed by atoms with E-state index < -0.39 is 8.89 Å². The summed E-state index contributed by atoms with van der Waals surface area (Å²) in [6.07, 6.45) is 4.65. The van der Waals surface area contributed by atoms with E-state index in [1.165, 1.54) is 0 Å². The Hall–Kier alpha value is 0.234. The molecule has 0 atom stereocenters. The van der Waals surface area contributed by atoms with Gasteiger partial charge in [0.05, 0.1) is 6.54 Å². The van der Waals surface area contributed by atoms with Crippen molar-refractivity contribution in [2.75, 3.05) is 6.54 Å². The Labute approximate surface area is 75.7 Å². The number of hydrogen-bond donors (Lipinski definition) is 1. The van der Waals surface area contributed by atoms with Gasteiger partial charge < -0.3 is 5.73 Å². The third kappa shape index (κ3) is 0.0526. The molecule has 0 aromatic carbocycles. The number of nitrogens with two attached hydrogens (primary N) is 1. The zero-order valence-corrected chi connectivity index (χ0v) is 10.2. The van der Waals surface area contributed by atoms with Gasteiger partial charge >= 0.3 is 51.1 Å². The standard InChI is InChI=1S/2C5H5.C3H5N.Ti/c2*1-2-4-5-3-1;1-2-3-4;/h2*1-5H;1H,3-4H2;. The molecule has 15 heavy (non-hydrogen) atoms. The number of fused-ring (bicyclic) bond motifs is 10. The van der Waals surface area contributed by atoms with Gasteiger partial charge in [-0.2, -0.15) is 0 Å². The predicted octanol–water partition coefficient (Wildman–Crippen LogP) is 2.95. The van der Waals surface area contributed by atoms with E-state index >= 15 is 0 Å². The third-order valence-electron chi connectivity index (χ3n) is 20.2. The first-order valence-corrected chi connectivity index (χ1v) is 16.3. The van der Waals surface area contributed by atoms with Crippen LogP contribution in [0.5, 0.6) is 0 Å². The van der Waals surface area contributed by atoms with Gasteiger partial charge in [-0.1, -0.05) is 5.92 Å². The molecule has 2 heteroatoms. The van der Waals surface area contributed by atoms with Crippen LogP contribution in [0.25, 0.3) is 0 Å². The normalized spacial score (nSPS) is 127. The molecule has 10 aliphatic rings. The first-order chi connectivity index (χ1) is 7.07. The van der Waals surface area contributed by atoms with E-state index in [0.29, 0.717) is 6.54 Å². The van der Waals surface area contributed by atoms with Crippen LogP contribution in [0.1, 0.15) is 0 Å². The van der Waals surface area contributed by atoms with Crippen LogP contribution >= 0.6 is 0 Å². The van der Waals surface area contributed by atoms with Crippen molar-refractivity contribution in [3.8, 4) is 12.3 Å². The molecule has 0 bridgehead atoms. The summed E-state index contributed by atoms with van der Waals surface area (Å²) in [5.74, 6) is 2.21. The Kier molecular flexibility index (Phi) is 0.159. The Morgan fingerprint density at radius 2 is 1.00 bits per heavy atom. The quantitative estimate of drug-likeness (QED) is 0.505. The van der Waals surface area contributed by atoms with Crippen molar-refractivity contribution in [2.24, 2.45) is 5.73 Å². The molecule has 0 unspecified atom stereocenters. The van der Waals surface area contributed by atoms with E-state index in [9.17, 15) is 0 Å². The van der Waals surface area contributed by atoms with Gasteiger partial charge in [-0.05, 0) is 0 Å². The zero-order chi connectivity index (χ0) is 9.50. The topological polar surface area (TPSA) is 26.0 Å². The van der Waals surface area contributed by atoms with E-state index in [4.69, 9.17) is 5.73 Å². The first kappa shape index (κ1) is 5.72. The van der Waals surface area contributed by atoms with Gasteiger partial charge in [-0.15, -0.1) is 6.42 Å². The van der Waals surface area contributed by atoms with Gasteiger partial charge in [-0.3, -0.25) is 0 Å². The van der Waals surface area contributed by atoms with Crippen molar-refractivity contribution in [3.05, 3.63) is 0 Å². The average Bonchev–Trinajstić information content (AvgIpc) is 3.18. The fourth-order valence-corrected chi connectivity index (χ4v) is 143. The molecule has 0 amide bonds. The zero-order valence-electron chi connectivity index (χ0n) is 8.64. The number of rotatable bonds is 0. The fraction of sp³-hybridized carbons (Fsp3) is 0.846. The average molecular weight is 233 g/mol. The van der Waals surface area contributed by atoms with Gasteiger partial charge in [0.15, 0.2) is 0 Å². The summed E-state index contributed by atoms with van der Waals surface area (Å²) in [6, 6.07) is 0. The molecular weight excluding hydrogens is 218 g/mol. The van der Waals surface area contributed by atoms with Crippen LogP contribution in [0.2, 0.25) is 42.2 Å². The van der Waals surface area contributed by atoms with Crippen molar-refractivity contribution >= 4 is 0 Å². The van der Waals surface area contributed by atoms with Gasteiger partial charge in [0, 0.05) is 0 Å². The molecule has 10 fully saturated rings. The van der Waals surface area contributed by atoms with Crippen molar-refractivity contribution in [1.82, 2.24) is 0 Å². The molecule has 1 spiro atoms. The predicted molar refractivity (Wildman–Crippen MR) is 55.4 cm³/mol. The second-order valence-electron chi connectivity index (χ2n) is 13.2. The molecule has 0 saturated carbocycles. The molecule has 10 saturated heterocycles. The third-order valence-corrected chi connectivity index (χ3v) is 79.5. The monoisotopic (exact) mass is 233 g/mol. The molecule has 0 aliphatic carbocycles. The van der Waals surface area contributed by atoms with Crippen molar-refractivity contribution in [1.29, 1.82) is 0 Å². The Morgan fingerprint density at radius 1 is 0.800 bits per heavy atom. The first-order valence-electron chi connectivity index (χ1n) is 7.27. The van der Waals surface area contributed by atoms with Gasteiger partial charge in [0.2, 0.25) is 0 Å². The van der Waals surface area contributed by atoms with Gasteiger partial charge in [0.25, 0.3) is 0 Å². The number of terminal acetylenes is 1. The van der Waals surface area contributed by atoms with E-state index in [1.807, 2.05) is 0 Å². The molecular formula is C13H15NTi. The summed E-state index contributed by atoms with van der Waals surface area (Å²) in [5.41, 5.74) is 4.79. The summed E-state index contributed by atoms with van der Waals surface area (Å²) in [4.78, 5) is 0. The molecule has 1 nitrogen and oxygen atoms in total. The van der Waals surface area contributed by atoms with E-state index in [2.05, 4.69) is 12.3 Å². The van der Waals surface area contributed by atoms with Crippen LogP contribution in [0.4, 0.5) is 0 Å². The Morgan fingerprint density at radius 3 is 1.00 bits per heavy atom. The maximum atomic E-state index is 4.79. The van der Waals surface area contributed by atoms with E-state index in [-0.39, 0.29) is 0 Å². The summed E-state index contributed by atoms with van der Waals surface area (Å²) in [5, 5.41) is 0. The van der Waals surface area contributed by atoms with Crippen LogP contribution in [-0.4, -0.2) is 6.54 Å². The van der Waals surface area contributed by atoms with Gasteiger partial charge in [0.1, 0.15) is 0 Å². The van der Waals surface area contributed by atoms with Crippen molar-refractivity contribution < 1.29 is 8.89 Å². The van der Waals surface area contributed by atoms with Crippen LogP contribution in [0, 0.1) is 12.3 Å². The maximum absolute atomic E-state index is 4.79. The molecule has 0 aromatic rings. The Balaban J connectivity index is 0.000000121.